The first kappa shape index (κ1) is 17.7. The highest BCUT2D eigenvalue weighted by Crippen LogP contribution is 2.23. The van der Waals surface area contributed by atoms with Crippen molar-refractivity contribution in [1.29, 1.82) is 0 Å². The molecule has 0 aromatic heterocycles. The van der Waals surface area contributed by atoms with Crippen molar-refractivity contribution in [2.75, 3.05) is 13.1 Å². The molecule has 0 spiro atoms. The molecule has 1 aliphatic heterocycles. The van der Waals surface area contributed by atoms with Gasteiger partial charge < -0.3 is 9.64 Å². The molecule has 4 nitrogen and oxygen atoms in total. The van der Waals surface area contributed by atoms with Crippen LogP contribution < -0.4 is 0 Å². The number of Topliss-reactive ketones (excluding diaryl/α,β-unsaturated/α-hetero) is 1. The van der Waals surface area contributed by atoms with Crippen molar-refractivity contribution in [3.05, 3.63) is 34.6 Å². The van der Waals surface area contributed by atoms with Crippen molar-refractivity contribution < 1.29 is 18.7 Å². The molecule has 1 amide bonds. The van der Waals surface area contributed by atoms with Crippen LogP contribution in [-0.2, 0) is 16.0 Å². The molecule has 0 radical (unpaired) electrons. The summed E-state index contributed by atoms with van der Waals surface area (Å²) in [4.78, 5) is 25.9. The van der Waals surface area contributed by atoms with Gasteiger partial charge in [0, 0.05) is 30.5 Å². The molecule has 1 aromatic rings. The number of carbonyl (C=O) groups is 2. The first-order chi connectivity index (χ1) is 10.7. The summed E-state index contributed by atoms with van der Waals surface area (Å²) in [6.07, 6.45) is 0.140. The van der Waals surface area contributed by atoms with E-state index >= 15 is 0 Å². The third-order valence-corrected chi connectivity index (χ3v) is 3.90. The molecule has 1 saturated heterocycles. The zero-order chi connectivity index (χ0) is 17.2. The summed E-state index contributed by atoms with van der Waals surface area (Å²) in [5.41, 5.74) is -0.276. The number of rotatable bonds is 3. The highest BCUT2D eigenvalue weighted by atomic mass is 35.5. The van der Waals surface area contributed by atoms with Crippen LogP contribution >= 0.6 is 11.6 Å². The number of ketones is 1. The Labute approximate surface area is 140 Å². The summed E-state index contributed by atoms with van der Waals surface area (Å²) in [7, 11) is 0. The second-order valence-corrected chi connectivity index (χ2v) is 7.23. The maximum atomic E-state index is 13.7. The van der Waals surface area contributed by atoms with E-state index in [-0.39, 0.29) is 18.1 Å². The Kier molecular flexibility index (Phi) is 5.30. The summed E-state index contributed by atoms with van der Waals surface area (Å²) >= 11 is 5.84. The first-order valence-corrected chi connectivity index (χ1v) is 7.98. The van der Waals surface area contributed by atoms with Crippen molar-refractivity contribution in [3.63, 3.8) is 0 Å². The number of halogens is 2. The molecule has 1 heterocycles. The summed E-state index contributed by atoms with van der Waals surface area (Å²) in [5, 5.41) is 0.399. The Morgan fingerprint density at radius 2 is 2.09 bits per heavy atom. The molecule has 0 saturated carbocycles. The Morgan fingerprint density at radius 3 is 2.74 bits per heavy atom. The minimum Gasteiger partial charge on any atom is -0.444 e. The Bertz CT molecular complexity index is 612. The topological polar surface area (TPSA) is 46.6 Å². The number of amides is 1. The van der Waals surface area contributed by atoms with E-state index in [2.05, 4.69) is 0 Å². The molecule has 126 valence electrons. The van der Waals surface area contributed by atoms with Gasteiger partial charge >= 0.3 is 6.09 Å². The van der Waals surface area contributed by atoms with E-state index in [9.17, 15) is 14.0 Å². The maximum absolute atomic E-state index is 13.7. The number of nitrogens with zero attached hydrogens (tertiary/aromatic N) is 1. The minimum absolute atomic E-state index is 0.0147. The van der Waals surface area contributed by atoms with Crippen molar-refractivity contribution in [2.45, 2.75) is 39.2 Å². The predicted molar refractivity (Wildman–Crippen MR) is 86.0 cm³/mol. The number of likely N-dealkylation sites (tertiary alicyclic amines) is 1. The normalized spacial score (nSPS) is 18.1. The monoisotopic (exact) mass is 341 g/mol. The van der Waals surface area contributed by atoms with Crippen LogP contribution in [0.4, 0.5) is 9.18 Å². The molecule has 2 rings (SSSR count). The SMILES string of the molecule is CC(C)(C)OC(=O)N1CCC(C(=O)Cc2cc(Cl)ccc2F)C1. The predicted octanol–water partition coefficient (Wildman–Crippen LogP) is 3.85. The van der Waals surface area contributed by atoms with Gasteiger partial charge in [-0.2, -0.15) is 0 Å². The quantitative estimate of drug-likeness (QED) is 0.839. The van der Waals surface area contributed by atoms with Crippen LogP contribution in [0.5, 0.6) is 0 Å². The Balaban J connectivity index is 1.95. The number of benzene rings is 1. The number of ether oxygens (including phenoxy) is 1. The van der Waals surface area contributed by atoms with Crippen LogP contribution in [0.3, 0.4) is 0 Å². The van der Waals surface area contributed by atoms with E-state index in [1.54, 1.807) is 20.8 Å². The van der Waals surface area contributed by atoms with Gasteiger partial charge in [-0.05, 0) is 51.0 Å². The standard InChI is InChI=1S/C17H21ClFNO3/c1-17(2,3)23-16(22)20-7-6-11(10-20)15(21)9-12-8-13(18)4-5-14(12)19/h4-5,8,11H,6-7,9-10H2,1-3H3. The highest BCUT2D eigenvalue weighted by molar-refractivity contribution is 6.30. The zero-order valence-electron chi connectivity index (χ0n) is 13.6. The van der Waals surface area contributed by atoms with Crippen molar-refractivity contribution >= 4 is 23.5 Å². The molecule has 0 N–H and O–H groups in total. The van der Waals surface area contributed by atoms with E-state index in [1.807, 2.05) is 0 Å². The zero-order valence-corrected chi connectivity index (χ0v) is 14.3. The Hall–Kier alpha value is -1.62. The van der Waals surface area contributed by atoms with Gasteiger partial charge in [-0.25, -0.2) is 9.18 Å². The molecular formula is C17H21ClFNO3. The van der Waals surface area contributed by atoms with Gasteiger partial charge in [-0.15, -0.1) is 0 Å². The molecular weight excluding hydrogens is 321 g/mol. The average molecular weight is 342 g/mol. The van der Waals surface area contributed by atoms with Crippen molar-refractivity contribution in [2.24, 2.45) is 5.92 Å². The third kappa shape index (κ3) is 4.93. The molecule has 6 heteroatoms. The van der Waals surface area contributed by atoms with Gasteiger partial charge in [0.15, 0.2) is 0 Å². The summed E-state index contributed by atoms with van der Waals surface area (Å²) in [6.45, 7) is 6.18. The van der Waals surface area contributed by atoms with E-state index in [0.717, 1.165) is 0 Å². The van der Waals surface area contributed by atoms with Gasteiger partial charge in [0.1, 0.15) is 17.2 Å². The van der Waals surface area contributed by atoms with Gasteiger partial charge in [0.05, 0.1) is 0 Å². The molecule has 1 aliphatic rings. The lowest BCUT2D eigenvalue weighted by Crippen LogP contribution is -2.36. The third-order valence-electron chi connectivity index (χ3n) is 3.67. The fraction of sp³-hybridized carbons (Fsp3) is 0.529. The molecule has 0 aliphatic carbocycles. The smallest absolute Gasteiger partial charge is 0.410 e. The van der Waals surface area contributed by atoms with Crippen molar-refractivity contribution in [1.82, 2.24) is 4.90 Å². The fourth-order valence-corrected chi connectivity index (χ4v) is 2.72. The van der Waals surface area contributed by atoms with Crippen LogP contribution in [0, 0.1) is 11.7 Å². The fourth-order valence-electron chi connectivity index (χ4n) is 2.53. The number of carbonyl (C=O) groups excluding carboxylic acids is 2. The maximum Gasteiger partial charge on any atom is 0.410 e. The number of hydrogen-bond donors (Lipinski definition) is 0. The van der Waals surface area contributed by atoms with E-state index in [1.165, 1.54) is 23.1 Å². The average Bonchev–Trinajstić information content (AvgIpc) is 2.91. The first-order valence-electron chi connectivity index (χ1n) is 7.60. The lowest BCUT2D eigenvalue weighted by molar-refractivity contribution is -0.121. The van der Waals surface area contributed by atoms with Crippen LogP contribution in [-0.4, -0.2) is 35.5 Å². The molecule has 1 atom stereocenters. The van der Waals surface area contributed by atoms with Crippen LogP contribution in [0.2, 0.25) is 5.02 Å². The van der Waals surface area contributed by atoms with Crippen LogP contribution in [0.15, 0.2) is 18.2 Å². The van der Waals surface area contributed by atoms with Crippen molar-refractivity contribution in [3.8, 4) is 0 Å². The largest absolute Gasteiger partial charge is 0.444 e. The summed E-state index contributed by atoms with van der Waals surface area (Å²) < 4.78 is 19.0. The van der Waals surface area contributed by atoms with E-state index in [0.29, 0.717) is 30.1 Å². The second kappa shape index (κ2) is 6.87. The number of hydrogen-bond acceptors (Lipinski definition) is 3. The minimum atomic E-state index is -0.566. The van der Waals surface area contributed by atoms with Gasteiger partial charge in [-0.1, -0.05) is 11.6 Å². The summed E-state index contributed by atoms with van der Waals surface area (Å²) in [5.74, 6) is -0.817. The summed E-state index contributed by atoms with van der Waals surface area (Å²) in [6, 6.07) is 4.17. The van der Waals surface area contributed by atoms with Gasteiger partial charge in [-0.3, -0.25) is 4.79 Å². The molecule has 1 aromatic carbocycles. The van der Waals surface area contributed by atoms with Gasteiger partial charge in [0.25, 0.3) is 0 Å². The molecule has 1 fully saturated rings. The lowest BCUT2D eigenvalue weighted by Gasteiger charge is -2.24. The van der Waals surface area contributed by atoms with Crippen LogP contribution in [0.25, 0.3) is 0 Å². The Morgan fingerprint density at radius 1 is 1.39 bits per heavy atom. The van der Waals surface area contributed by atoms with Crippen LogP contribution in [0.1, 0.15) is 32.8 Å². The lowest BCUT2D eigenvalue weighted by atomic mass is 9.97. The molecule has 0 bridgehead atoms. The van der Waals surface area contributed by atoms with Gasteiger partial charge in [0.2, 0.25) is 0 Å². The second-order valence-electron chi connectivity index (χ2n) is 6.79. The van der Waals surface area contributed by atoms with E-state index < -0.39 is 17.5 Å². The van der Waals surface area contributed by atoms with E-state index in [4.69, 9.17) is 16.3 Å². The molecule has 1 unspecified atom stereocenters. The highest BCUT2D eigenvalue weighted by Gasteiger charge is 2.33. The molecule has 23 heavy (non-hydrogen) atoms.